The lowest BCUT2D eigenvalue weighted by Gasteiger charge is -1.99. The molecule has 0 aromatic carbocycles. The van der Waals surface area contributed by atoms with Crippen LogP contribution in [-0.4, -0.2) is 35.0 Å². The lowest BCUT2D eigenvalue weighted by Crippen LogP contribution is -2.06. The topological polar surface area (TPSA) is 52.0 Å². The van der Waals surface area contributed by atoms with Gasteiger partial charge in [0.15, 0.2) is 5.13 Å². The zero-order chi connectivity index (χ0) is 12.1. The molecule has 0 aliphatic rings. The third kappa shape index (κ3) is 3.04. The van der Waals surface area contributed by atoms with Crippen molar-refractivity contribution in [1.29, 1.82) is 0 Å². The van der Waals surface area contributed by atoms with Crippen molar-refractivity contribution < 1.29 is 4.74 Å². The van der Waals surface area contributed by atoms with Crippen molar-refractivity contribution in [2.24, 2.45) is 0 Å². The fourth-order valence-corrected chi connectivity index (χ4v) is 2.23. The molecular formula is C11H16N4OS. The van der Waals surface area contributed by atoms with Gasteiger partial charge in [0, 0.05) is 38.2 Å². The van der Waals surface area contributed by atoms with Crippen molar-refractivity contribution in [2.75, 3.05) is 25.6 Å². The van der Waals surface area contributed by atoms with Crippen LogP contribution in [0.3, 0.4) is 0 Å². The summed E-state index contributed by atoms with van der Waals surface area (Å²) in [6, 6.07) is 0. The highest BCUT2D eigenvalue weighted by atomic mass is 32.1. The van der Waals surface area contributed by atoms with Crippen LogP contribution < -0.4 is 5.32 Å². The minimum Gasteiger partial charge on any atom is -0.383 e. The number of hydrogen-bond acceptors (Lipinski definition) is 5. The Labute approximate surface area is 104 Å². The van der Waals surface area contributed by atoms with Gasteiger partial charge < -0.3 is 10.1 Å². The number of aryl methyl sites for hydroxylation is 1. The largest absolute Gasteiger partial charge is 0.383 e. The van der Waals surface area contributed by atoms with E-state index in [1.165, 1.54) is 0 Å². The Kier molecular flexibility index (Phi) is 4.11. The molecule has 1 N–H and O–H groups in total. The minimum atomic E-state index is 0.683. The van der Waals surface area contributed by atoms with E-state index in [0.717, 1.165) is 28.7 Å². The molecule has 0 saturated carbocycles. The Morgan fingerprint density at radius 3 is 3.06 bits per heavy atom. The number of hydrogen-bond donors (Lipinski definition) is 1. The van der Waals surface area contributed by atoms with E-state index in [-0.39, 0.29) is 0 Å². The molecule has 0 radical (unpaired) electrons. The van der Waals surface area contributed by atoms with Crippen LogP contribution >= 0.6 is 11.3 Å². The zero-order valence-corrected chi connectivity index (χ0v) is 10.8. The van der Waals surface area contributed by atoms with Gasteiger partial charge in [0.25, 0.3) is 0 Å². The smallest absolute Gasteiger partial charge is 0.183 e. The van der Waals surface area contributed by atoms with Gasteiger partial charge in [0.2, 0.25) is 0 Å². The van der Waals surface area contributed by atoms with E-state index in [4.69, 9.17) is 4.74 Å². The van der Waals surface area contributed by atoms with Gasteiger partial charge in [-0.05, 0) is 6.92 Å². The lowest BCUT2D eigenvalue weighted by atomic mass is 10.3. The second-order valence-corrected chi connectivity index (χ2v) is 4.56. The molecule has 5 nitrogen and oxygen atoms in total. The summed E-state index contributed by atoms with van der Waals surface area (Å²) in [5, 5.41) is 8.38. The molecule has 0 fully saturated rings. The van der Waals surface area contributed by atoms with Crippen molar-refractivity contribution in [2.45, 2.75) is 13.5 Å². The quantitative estimate of drug-likeness (QED) is 0.800. The molecular weight excluding hydrogens is 236 g/mol. The lowest BCUT2D eigenvalue weighted by molar-refractivity contribution is 0.211. The maximum atomic E-state index is 4.97. The van der Waals surface area contributed by atoms with Gasteiger partial charge in [0.1, 0.15) is 0 Å². The van der Waals surface area contributed by atoms with Crippen LogP contribution in [-0.2, 0) is 11.3 Å². The first kappa shape index (κ1) is 12.1. The monoisotopic (exact) mass is 252 g/mol. The number of methoxy groups -OCH3 is 1. The highest BCUT2D eigenvalue weighted by Crippen LogP contribution is 2.28. The van der Waals surface area contributed by atoms with E-state index < -0.39 is 0 Å². The molecule has 2 aromatic heterocycles. The first-order chi connectivity index (χ1) is 8.33. The van der Waals surface area contributed by atoms with E-state index in [1.807, 2.05) is 23.3 Å². The van der Waals surface area contributed by atoms with E-state index in [2.05, 4.69) is 22.3 Å². The molecule has 0 saturated heterocycles. The fraction of sp³-hybridized carbons (Fsp3) is 0.455. The summed E-state index contributed by atoms with van der Waals surface area (Å²) in [5.74, 6) is 0. The Hall–Kier alpha value is -1.40. The Bertz CT molecular complexity index is 465. The van der Waals surface area contributed by atoms with Gasteiger partial charge in [-0.15, -0.1) is 0 Å². The highest BCUT2D eigenvalue weighted by molar-refractivity contribution is 7.18. The SMILES string of the molecule is CCn1cc(-c2cnc(NCCOC)s2)cn1. The predicted octanol–water partition coefficient (Wildman–Crippen LogP) is 2.08. The van der Waals surface area contributed by atoms with Gasteiger partial charge >= 0.3 is 0 Å². The summed E-state index contributed by atoms with van der Waals surface area (Å²) in [6.07, 6.45) is 5.78. The Balaban J connectivity index is 2.02. The van der Waals surface area contributed by atoms with Gasteiger partial charge in [-0.2, -0.15) is 5.10 Å². The van der Waals surface area contributed by atoms with Gasteiger partial charge in [0.05, 0.1) is 17.7 Å². The fourth-order valence-electron chi connectivity index (χ4n) is 1.41. The van der Waals surface area contributed by atoms with Crippen LogP contribution in [0.5, 0.6) is 0 Å². The van der Waals surface area contributed by atoms with Gasteiger partial charge in [-0.25, -0.2) is 4.98 Å². The van der Waals surface area contributed by atoms with Gasteiger partial charge in [-0.1, -0.05) is 11.3 Å². The van der Waals surface area contributed by atoms with Crippen molar-refractivity contribution in [3.05, 3.63) is 18.6 Å². The predicted molar refractivity (Wildman–Crippen MR) is 69.4 cm³/mol. The molecule has 0 bridgehead atoms. The first-order valence-electron chi connectivity index (χ1n) is 5.55. The molecule has 6 heteroatoms. The van der Waals surface area contributed by atoms with Gasteiger partial charge in [-0.3, -0.25) is 4.68 Å². The van der Waals surface area contributed by atoms with Crippen molar-refractivity contribution in [3.63, 3.8) is 0 Å². The molecule has 17 heavy (non-hydrogen) atoms. The third-order valence-electron chi connectivity index (χ3n) is 2.33. The standard InChI is InChI=1S/C11H16N4OS/c1-3-15-8-9(6-14-15)10-7-13-11(17-10)12-4-5-16-2/h6-8H,3-5H2,1-2H3,(H,12,13). The maximum Gasteiger partial charge on any atom is 0.183 e. The summed E-state index contributed by atoms with van der Waals surface area (Å²) < 4.78 is 6.88. The molecule has 0 aliphatic heterocycles. The maximum absolute atomic E-state index is 4.97. The van der Waals surface area contributed by atoms with E-state index in [1.54, 1.807) is 18.4 Å². The summed E-state index contributed by atoms with van der Waals surface area (Å²) in [6.45, 7) is 4.42. The van der Waals surface area contributed by atoms with Crippen molar-refractivity contribution >= 4 is 16.5 Å². The van der Waals surface area contributed by atoms with Crippen LogP contribution in [0.15, 0.2) is 18.6 Å². The molecule has 2 heterocycles. The first-order valence-corrected chi connectivity index (χ1v) is 6.36. The van der Waals surface area contributed by atoms with E-state index >= 15 is 0 Å². The Morgan fingerprint density at radius 1 is 1.47 bits per heavy atom. The molecule has 0 unspecified atom stereocenters. The van der Waals surface area contributed by atoms with Crippen LogP contribution in [0.1, 0.15) is 6.92 Å². The van der Waals surface area contributed by atoms with E-state index in [9.17, 15) is 0 Å². The molecule has 2 aromatic rings. The van der Waals surface area contributed by atoms with Crippen molar-refractivity contribution in [1.82, 2.24) is 14.8 Å². The number of thiazole rings is 1. The number of rotatable bonds is 6. The second-order valence-electron chi connectivity index (χ2n) is 3.53. The van der Waals surface area contributed by atoms with Crippen molar-refractivity contribution in [3.8, 4) is 10.4 Å². The summed E-state index contributed by atoms with van der Waals surface area (Å²) in [5.41, 5.74) is 1.11. The molecule has 2 rings (SSSR count). The van der Waals surface area contributed by atoms with Crippen LogP contribution in [0.2, 0.25) is 0 Å². The number of nitrogens with zero attached hydrogens (tertiary/aromatic N) is 3. The number of anilines is 1. The Morgan fingerprint density at radius 2 is 2.35 bits per heavy atom. The third-order valence-corrected chi connectivity index (χ3v) is 3.33. The van der Waals surface area contributed by atoms with Crippen LogP contribution in [0, 0.1) is 0 Å². The number of aromatic nitrogens is 3. The summed E-state index contributed by atoms with van der Waals surface area (Å²) in [7, 11) is 1.69. The average Bonchev–Trinajstić information content (AvgIpc) is 2.97. The number of ether oxygens (including phenoxy) is 1. The number of nitrogens with one attached hydrogen (secondary N) is 1. The summed E-state index contributed by atoms with van der Waals surface area (Å²) in [4.78, 5) is 5.44. The second kappa shape index (κ2) is 5.79. The molecule has 0 amide bonds. The molecule has 0 spiro atoms. The van der Waals surface area contributed by atoms with E-state index in [0.29, 0.717) is 6.61 Å². The molecule has 92 valence electrons. The normalized spacial score (nSPS) is 10.7. The average molecular weight is 252 g/mol. The highest BCUT2D eigenvalue weighted by Gasteiger charge is 2.06. The summed E-state index contributed by atoms with van der Waals surface area (Å²) >= 11 is 1.63. The van der Waals surface area contributed by atoms with Crippen LogP contribution in [0.25, 0.3) is 10.4 Å². The minimum absolute atomic E-state index is 0.683. The van der Waals surface area contributed by atoms with Crippen LogP contribution in [0.4, 0.5) is 5.13 Å². The molecule has 0 aliphatic carbocycles. The molecule has 0 atom stereocenters. The zero-order valence-electron chi connectivity index (χ0n) is 10.0.